The molecule has 1 aliphatic carbocycles. The number of hydrogen-bond donors (Lipinski definition) is 3. The molecule has 0 amide bonds. The van der Waals surface area contributed by atoms with Crippen molar-refractivity contribution in [3.8, 4) is 5.75 Å². The number of likely N-dealkylation sites (N-methyl/N-ethyl adjacent to an activating group) is 1. The van der Waals surface area contributed by atoms with Gasteiger partial charge >= 0.3 is 0 Å². The van der Waals surface area contributed by atoms with Gasteiger partial charge in [-0.05, 0) is 49.9 Å². The number of aromatic nitrogens is 3. The topological polar surface area (TPSA) is 128 Å². The summed E-state index contributed by atoms with van der Waals surface area (Å²) in [4.78, 5) is 8.88. The number of hydrogen-bond acceptors (Lipinski definition) is 9. The molecule has 2 aromatic heterocycles. The summed E-state index contributed by atoms with van der Waals surface area (Å²) in [7, 11) is 1.73. The molecule has 0 aliphatic heterocycles. The van der Waals surface area contributed by atoms with E-state index in [0.717, 1.165) is 24.3 Å². The molecular weight excluding hydrogens is 370 g/mol. The molecule has 1 fully saturated rings. The van der Waals surface area contributed by atoms with Gasteiger partial charge in [-0.2, -0.15) is 4.98 Å². The largest absolute Gasteiger partial charge is 0.489 e. The Bertz CT molecular complexity index is 841. The lowest BCUT2D eigenvalue weighted by molar-refractivity contribution is 0.153. The summed E-state index contributed by atoms with van der Waals surface area (Å²) in [5.41, 5.74) is 9.00. The summed E-state index contributed by atoms with van der Waals surface area (Å²) < 4.78 is 11.3. The van der Waals surface area contributed by atoms with Crippen LogP contribution in [0.25, 0.3) is 5.70 Å². The van der Waals surface area contributed by atoms with Crippen LogP contribution in [-0.2, 0) is 6.42 Å². The van der Waals surface area contributed by atoms with E-state index in [1.54, 1.807) is 7.05 Å². The number of ether oxygens (including phenoxy) is 1. The highest BCUT2D eigenvalue weighted by molar-refractivity contribution is 5.64. The quantitative estimate of drug-likeness (QED) is 0.451. The van der Waals surface area contributed by atoms with E-state index in [9.17, 15) is 0 Å². The van der Waals surface area contributed by atoms with Gasteiger partial charge in [0.05, 0.1) is 35.4 Å². The third-order valence-corrected chi connectivity index (χ3v) is 5.08. The summed E-state index contributed by atoms with van der Waals surface area (Å²) in [6, 6.07) is 3.81. The Morgan fingerprint density at radius 1 is 1.28 bits per heavy atom. The van der Waals surface area contributed by atoms with Crippen LogP contribution in [0.4, 0.5) is 5.95 Å². The van der Waals surface area contributed by atoms with E-state index in [2.05, 4.69) is 20.4 Å². The van der Waals surface area contributed by atoms with Crippen molar-refractivity contribution in [3.63, 3.8) is 0 Å². The van der Waals surface area contributed by atoms with E-state index in [0.29, 0.717) is 41.9 Å². The van der Waals surface area contributed by atoms with Gasteiger partial charge in [-0.25, -0.2) is 10.8 Å². The smallest absolute Gasteiger partial charge is 0.263 e. The maximum atomic E-state index is 6.39. The molecular formula is C20H31N7O2. The fourth-order valence-corrected chi connectivity index (χ4v) is 3.38. The molecule has 9 heteroatoms. The first kappa shape index (κ1) is 20.9. The summed E-state index contributed by atoms with van der Waals surface area (Å²) in [5.74, 6) is 7.78. The maximum Gasteiger partial charge on any atom is 0.263 e. The Morgan fingerprint density at radius 3 is 2.66 bits per heavy atom. The highest BCUT2D eigenvalue weighted by Gasteiger charge is 2.17. The molecule has 0 radical (unpaired) electrons. The minimum atomic E-state index is 0.279. The fraction of sp³-hybridized carbons (Fsp3) is 0.550. The normalized spacial score (nSPS) is 15.7. The molecule has 0 bridgehead atoms. The Kier molecular flexibility index (Phi) is 6.92. The van der Waals surface area contributed by atoms with Crippen molar-refractivity contribution in [2.24, 2.45) is 11.6 Å². The highest BCUT2D eigenvalue weighted by atomic mass is 16.5. The number of pyridine rings is 1. The second-order valence-electron chi connectivity index (χ2n) is 7.35. The third-order valence-electron chi connectivity index (χ3n) is 5.08. The first-order chi connectivity index (χ1) is 14.0. The molecule has 1 saturated carbocycles. The van der Waals surface area contributed by atoms with Crippen molar-refractivity contribution in [3.05, 3.63) is 35.1 Å². The van der Waals surface area contributed by atoms with Gasteiger partial charge in [0.2, 0.25) is 5.89 Å². The lowest BCUT2D eigenvalue weighted by atomic mass is 9.98. The lowest BCUT2D eigenvalue weighted by Crippen LogP contribution is -2.32. The van der Waals surface area contributed by atoms with Crippen LogP contribution in [0.5, 0.6) is 5.75 Å². The van der Waals surface area contributed by atoms with Crippen LogP contribution in [0, 0.1) is 6.92 Å². The summed E-state index contributed by atoms with van der Waals surface area (Å²) >= 11 is 0. The number of hydrazine groups is 1. The van der Waals surface area contributed by atoms with Crippen LogP contribution in [-0.4, -0.2) is 39.8 Å². The van der Waals surface area contributed by atoms with E-state index < -0.39 is 0 Å². The maximum absolute atomic E-state index is 6.39. The molecule has 0 atom stereocenters. The van der Waals surface area contributed by atoms with Crippen molar-refractivity contribution < 1.29 is 9.26 Å². The van der Waals surface area contributed by atoms with E-state index in [-0.39, 0.29) is 6.10 Å². The highest BCUT2D eigenvalue weighted by Crippen LogP contribution is 2.26. The molecule has 0 saturated heterocycles. The number of aryl methyl sites for hydroxylation is 2. The van der Waals surface area contributed by atoms with Crippen molar-refractivity contribution in [2.75, 3.05) is 18.9 Å². The molecule has 3 rings (SSSR count). The van der Waals surface area contributed by atoms with Gasteiger partial charge in [-0.3, -0.25) is 0 Å². The van der Waals surface area contributed by atoms with E-state index in [1.807, 2.05) is 26.0 Å². The first-order valence-electron chi connectivity index (χ1n) is 10.2. The average Bonchev–Trinajstić information content (AvgIpc) is 3.18. The van der Waals surface area contributed by atoms with Crippen molar-refractivity contribution >= 4 is 11.6 Å². The summed E-state index contributed by atoms with van der Waals surface area (Å²) in [5, 5.41) is 8.43. The van der Waals surface area contributed by atoms with Crippen LogP contribution >= 0.6 is 0 Å². The zero-order chi connectivity index (χ0) is 20.8. The Hall–Kier alpha value is -2.81. The number of anilines is 1. The van der Waals surface area contributed by atoms with Gasteiger partial charge in [-0.15, -0.1) is 0 Å². The van der Waals surface area contributed by atoms with Crippen molar-refractivity contribution in [1.29, 1.82) is 0 Å². The first-order valence-corrected chi connectivity index (χ1v) is 10.2. The number of rotatable bonds is 8. The van der Waals surface area contributed by atoms with Crippen LogP contribution in [0.3, 0.4) is 0 Å². The van der Waals surface area contributed by atoms with E-state index in [1.165, 1.54) is 24.3 Å². The SMILES string of the molecule is CCc1nc(NC/C(=C(/N)c2ccc(OC3CCCCC3)c(C)n2)N(C)N)no1. The Morgan fingerprint density at radius 2 is 2.03 bits per heavy atom. The monoisotopic (exact) mass is 401 g/mol. The Balaban J connectivity index is 1.74. The van der Waals surface area contributed by atoms with E-state index >= 15 is 0 Å². The number of nitrogens with two attached hydrogens (primary N) is 2. The third kappa shape index (κ3) is 5.38. The molecule has 0 unspecified atom stereocenters. The zero-order valence-corrected chi connectivity index (χ0v) is 17.4. The second kappa shape index (κ2) is 9.60. The van der Waals surface area contributed by atoms with Gasteiger partial charge in [0.25, 0.3) is 5.95 Å². The minimum Gasteiger partial charge on any atom is -0.489 e. The van der Waals surface area contributed by atoms with Crippen LogP contribution < -0.4 is 21.6 Å². The van der Waals surface area contributed by atoms with E-state index in [4.69, 9.17) is 20.8 Å². The van der Waals surface area contributed by atoms with Gasteiger partial charge in [0.15, 0.2) is 0 Å². The molecule has 0 spiro atoms. The predicted molar refractivity (Wildman–Crippen MR) is 112 cm³/mol. The van der Waals surface area contributed by atoms with Crippen LogP contribution in [0.2, 0.25) is 0 Å². The molecule has 158 valence electrons. The average molecular weight is 402 g/mol. The van der Waals surface area contributed by atoms with Crippen molar-refractivity contribution in [2.45, 2.75) is 58.5 Å². The second-order valence-corrected chi connectivity index (χ2v) is 7.35. The van der Waals surface area contributed by atoms with Gasteiger partial charge < -0.3 is 25.3 Å². The minimum absolute atomic E-state index is 0.279. The standard InChI is InChI=1S/C20H31N7O2/c1-4-18-25-20(26-29-18)23-12-16(27(3)22)19(21)15-10-11-17(13(2)24-15)28-14-8-6-5-7-9-14/h10-11,14H,4-9,12,21-22H2,1-3H3,(H,23,26)/b19-16-. The van der Waals surface area contributed by atoms with Crippen LogP contribution in [0.1, 0.15) is 56.3 Å². The number of nitrogens with zero attached hydrogens (tertiary/aromatic N) is 4. The predicted octanol–water partition coefficient (Wildman–Crippen LogP) is 2.59. The molecule has 9 nitrogen and oxygen atoms in total. The molecule has 5 N–H and O–H groups in total. The lowest BCUT2D eigenvalue weighted by Gasteiger charge is -2.24. The molecule has 2 aromatic rings. The van der Waals surface area contributed by atoms with Gasteiger partial charge in [-0.1, -0.05) is 13.3 Å². The Labute approximate surface area is 171 Å². The van der Waals surface area contributed by atoms with Gasteiger partial charge in [0, 0.05) is 13.5 Å². The molecule has 2 heterocycles. The molecule has 0 aromatic carbocycles. The van der Waals surface area contributed by atoms with Gasteiger partial charge in [0.1, 0.15) is 5.75 Å². The fourth-order valence-electron chi connectivity index (χ4n) is 3.38. The van der Waals surface area contributed by atoms with Crippen molar-refractivity contribution in [1.82, 2.24) is 20.1 Å². The summed E-state index contributed by atoms with van der Waals surface area (Å²) in [6.45, 7) is 4.22. The number of nitrogens with one attached hydrogen (secondary N) is 1. The van der Waals surface area contributed by atoms with Crippen LogP contribution in [0.15, 0.2) is 22.4 Å². The molecule has 29 heavy (non-hydrogen) atoms. The zero-order valence-electron chi connectivity index (χ0n) is 17.4. The summed E-state index contributed by atoms with van der Waals surface area (Å²) in [6.07, 6.45) is 6.91. The molecule has 1 aliphatic rings.